The lowest BCUT2D eigenvalue weighted by Crippen LogP contribution is -2.39. The van der Waals surface area contributed by atoms with E-state index in [0.717, 1.165) is 0 Å². The van der Waals surface area contributed by atoms with Crippen LogP contribution in [0.4, 0.5) is 0 Å². The predicted molar refractivity (Wildman–Crippen MR) is 126 cm³/mol. The van der Waals surface area contributed by atoms with Gasteiger partial charge in [-0.05, 0) is 25.7 Å². The van der Waals surface area contributed by atoms with E-state index in [9.17, 15) is 0 Å². The van der Waals surface area contributed by atoms with Gasteiger partial charge in [-0.2, -0.15) is 0 Å². The Morgan fingerprint density at radius 1 is 0.464 bits per heavy atom. The molecular formula is C26H52N2. The molecular weight excluding hydrogens is 340 g/mol. The normalized spacial score (nSPS) is 16.5. The van der Waals surface area contributed by atoms with Crippen LogP contribution in [0.15, 0.2) is 12.4 Å². The third-order valence-electron chi connectivity index (χ3n) is 6.32. The van der Waals surface area contributed by atoms with Crippen molar-refractivity contribution < 1.29 is 0 Å². The summed E-state index contributed by atoms with van der Waals surface area (Å²) in [7, 11) is 0. The molecule has 0 aromatic carbocycles. The molecule has 0 fully saturated rings. The van der Waals surface area contributed by atoms with Crippen molar-refractivity contribution >= 4 is 0 Å². The van der Waals surface area contributed by atoms with E-state index in [1.807, 2.05) is 0 Å². The van der Waals surface area contributed by atoms with Crippen molar-refractivity contribution in [3.05, 3.63) is 12.4 Å². The van der Waals surface area contributed by atoms with Crippen LogP contribution >= 0.6 is 0 Å². The van der Waals surface area contributed by atoms with Crippen LogP contribution in [0.25, 0.3) is 0 Å². The molecule has 0 saturated carbocycles. The Balaban J connectivity index is 2.30. The SMILES string of the molecule is CCCCCCCCCN1C=CN(CCCCCCC)C1CCCCCCC. The number of rotatable bonds is 20. The van der Waals surface area contributed by atoms with Gasteiger partial charge in [0.2, 0.25) is 0 Å². The summed E-state index contributed by atoms with van der Waals surface area (Å²) >= 11 is 0. The Labute approximate surface area is 178 Å². The lowest BCUT2D eigenvalue weighted by molar-refractivity contribution is 0.135. The van der Waals surface area contributed by atoms with Gasteiger partial charge >= 0.3 is 0 Å². The van der Waals surface area contributed by atoms with Gasteiger partial charge in [-0.25, -0.2) is 0 Å². The summed E-state index contributed by atoms with van der Waals surface area (Å²) < 4.78 is 0. The van der Waals surface area contributed by atoms with Gasteiger partial charge in [0.15, 0.2) is 0 Å². The number of unbranched alkanes of at least 4 members (excludes halogenated alkanes) is 14. The van der Waals surface area contributed by atoms with Crippen molar-refractivity contribution in [3.8, 4) is 0 Å². The van der Waals surface area contributed by atoms with Crippen molar-refractivity contribution in [3.63, 3.8) is 0 Å². The first-order valence-corrected chi connectivity index (χ1v) is 13.0. The van der Waals surface area contributed by atoms with Gasteiger partial charge in [-0.1, -0.05) is 111 Å². The van der Waals surface area contributed by atoms with E-state index in [2.05, 4.69) is 43.0 Å². The maximum atomic E-state index is 2.66. The van der Waals surface area contributed by atoms with Gasteiger partial charge < -0.3 is 9.80 Å². The molecule has 0 spiro atoms. The maximum Gasteiger partial charge on any atom is 0.101 e. The van der Waals surface area contributed by atoms with Crippen molar-refractivity contribution in [2.75, 3.05) is 13.1 Å². The second-order valence-corrected chi connectivity index (χ2v) is 8.99. The van der Waals surface area contributed by atoms with Crippen LogP contribution < -0.4 is 0 Å². The average molecular weight is 393 g/mol. The fourth-order valence-electron chi connectivity index (χ4n) is 4.42. The van der Waals surface area contributed by atoms with E-state index >= 15 is 0 Å². The summed E-state index contributed by atoms with van der Waals surface area (Å²) in [5, 5.41) is 0. The Morgan fingerprint density at radius 2 is 0.821 bits per heavy atom. The lowest BCUT2D eigenvalue weighted by atomic mass is 10.1. The summed E-state index contributed by atoms with van der Waals surface area (Å²) in [4.78, 5) is 5.32. The van der Waals surface area contributed by atoms with Gasteiger partial charge in [0.1, 0.15) is 6.17 Å². The third kappa shape index (κ3) is 12.0. The second kappa shape index (κ2) is 18.4. The smallest absolute Gasteiger partial charge is 0.101 e. The highest BCUT2D eigenvalue weighted by molar-refractivity contribution is 4.96. The average Bonchev–Trinajstić information content (AvgIpc) is 3.08. The second-order valence-electron chi connectivity index (χ2n) is 8.99. The van der Waals surface area contributed by atoms with E-state index < -0.39 is 0 Å². The number of hydrogen-bond donors (Lipinski definition) is 0. The van der Waals surface area contributed by atoms with Crippen molar-refractivity contribution in [1.82, 2.24) is 9.80 Å². The molecule has 2 heteroatoms. The predicted octanol–water partition coefficient (Wildman–Crippen LogP) is 8.48. The van der Waals surface area contributed by atoms with Crippen LogP contribution in [0, 0.1) is 0 Å². The molecule has 1 aliphatic heterocycles. The van der Waals surface area contributed by atoms with Crippen LogP contribution in [0.1, 0.15) is 136 Å². The minimum Gasteiger partial charge on any atom is -0.356 e. The van der Waals surface area contributed by atoms with Gasteiger partial charge in [-0.3, -0.25) is 0 Å². The van der Waals surface area contributed by atoms with Gasteiger partial charge in [-0.15, -0.1) is 0 Å². The largest absolute Gasteiger partial charge is 0.356 e. The molecule has 0 bridgehead atoms. The van der Waals surface area contributed by atoms with Crippen LogP contribution in [0.3, 0.4) is 0 Å². The summed E-state index contributed by atoms with van der Waals surface area (Å²) in [6.45, 7) is 9.44. The number of nitrogens with zero attached hydrogens (tertiary/aromatic N) is 2. The molecule has 0 amide bonds. The molecule has 1 atom stereocenters. The zero-order chi connectivity index (χ0) is 20.3. The maximum absolute atomic E-state index is 2.66. The van der Waals surface area contributed by atoms with E-state index in [-0.39, 0.29) is 0 Å². The molecule has 166 valence electrons. The topological polar surface area (TPSA) is 6.48 Å². The quantitative estimate of drug-likeness (QED) is 0.192. The summed E-state index contributed by atoms with van der Waals surface area (Å²) in [5.41, 5.74) is 0. The van der Waals surface area contributed by atoms with E-state index in [1.165, 1.54) is 129 Å². The Bertz CT molecular complexity index is 352. The fraction of sp³-hybridized carbons (Fsp3) is 0.923. The number of hydrogen-bond acceptors (Lipinski definition) is 2. The molecule has 1 unspecified atom stereocenters. The van der Waals surface area contributed by atoms with Crippen LogP contribution in [-0.2, 0) is 0 Å². The molecule has 0 radical (unpaired) electrons. The molecule has 0 N–H and O–H groups in total. The highest BCUT2D eigenvalue weighted by Crippen LogP contribution is 2.23. The van der Waals surface area contributed by atoms with Crippen LogP contribution in [-0.4, -0.2) is 29.1 Å². The summed E-state index contributed by atoms with van der Waals surface area (Å²) in [6, 6.07) is 0. The Morgan fingerprint density at radius 3 is 1.25 bits per heavy atom. The fourth-order valence-corrected chi connectivity index (χ4v) is 4.42. The van der Waals surface area contributed by atoms with Gasteiger partial charge in [0, 0.05) is 25.5 Å². The first-order valence-electron chi connectivity index (χ1n) is 13.0. The molecule has 1 rings (SSSR count). The zero-order valence-electron chi connectivity index (χ0n) is 19.8. The van der Waals surface area contributed by atoms with Gasteiger partial charge in [0.25, 0.3) is 0 Å². The summed E-state index contributed by atoms with van der Waals surface area (Å²) in [5.74, 6) is 0. The van der Waals surface area contributed by atoms with Crippen molar-refractivity contribution in [2.45, 2.75) is 143 Å². The molecule has 28 heavy (non-hydrogen) atoms. The van der Waals surface area contributed by atoms with Crippen molar-refractivity contribution in [2.24, 2.45) is 0 Å². The van der Waals surface area contributed by atoms with E-state index in [4.69, 9.17) is 0 Å². The van der Waals surface area contributed by atoms with Crippen molar-refractivity contribution in [1.29, 1.82) is 0 Å². The molecule has 1 heterocycles. The lowest BCUT2D eigenvalue weighted by Gasteiger charge is -2.33. The molecule has 1 aliphatic rings. The highest BCUT2D eigenvalue weighted by atomic mass is 15.4. The highest BCUT2D eigenvalue weighted by Gasteiger charge is 2.24. The molecule has 0 aliphatic carbocycles. The van der Waals surface area contributed by atoms with E-state index in [1.54, 1.807) is 0 Å². The molecule has 2 nitrogen and oxygen atoms in total. The van der Waals surface area contributed by atoms with Crippen LogP contribution in [0.2, 0.25) is 0 Å². The minimum atomic E-state index is 0.646. The van der Waals surface area contributed by atoms with E-state index in [0.29, 0.717) is 6.17 Å². The van der Waals surface area contributed by atoms with Crippen LogP contribution in [0.5, 0.6) is 0 Å². The first kappa shape index (κ1) is 25.4. The Hall–Kier alpha value is -0.660. The molecule has 0 aromatic heterocycles. The van der Waals surface area contributed by atoms with Gasteiger partial charge in [0.05, 0.1) is 0 Å². The molecule has 0 aromatic rings. The monoisotopic (exact) mass is 392 g/mol. The third-order valence-corrected chi connectivity index (χ3v) is 6.32. The first-order chi connectivity index (χ1) is 13.8. The standard InChI is InChI=1S/C26H52N2/c1-4-7-10-13-14-17-20-23-28-25-24-27(22-19-16-12-9-6-3)26(28)21-18-15-11-8-5-2/h24-26H,4-23H2,1-3H3. The molecule has 0 saturated heterocycles. The summed E-state index contributed by atoms with van der Waals surface area (Å²) in [6.07, 6.45) is 30.6. The zero-order valence-corrected chi connectivity index (χ0v) is 19.8. The Kier molecular flexibility index (Phi) is 16.7. The minimum absolute atomic E-state index is 0.646.